The predicted molar refractivity (Wildman–Crippen MR) is 141 cm³/mol. The van der Waals surface area contributed by atoms with Crippen molar-refractivity contribution in [1.29, 1.82) is 0 Å². The predicted octanol–water partition coefficient (Wildman–Crippen LogP) is -2.97. The Balaban J connectivity index is 1.23. The van der Waals surface area contributed by atoms with Crippen LogP contribution in [0.25, 0.3) is 22.3 Å². The minimum atomic E-state index is -5.34. The Morgan fingerprint density at radius 1 is 0.889 bits per heavy atom. The number of imidazole rings is 2. The SMILES string of the molecule is Nc1nc2c(ncn2[C@@H]2O[C@@H]3COP(=O)(O)OC4C(O)[C@@H](COP(=O)([O-])OC2C3O)O[C@H]4n2cnc3c(N)ncnc32)c(=O)[nH]1. The molecule has 0 amide bonds. The van der Waals surface area contributed by atoms with Crippen LogP contribution in [0.4, 0.5) is 11.8 Å². The van der Waals surface area contributed by atoms with Gasteiger partial charge in [-0.05, 0) is 0 Å². The summed E-state index contributed by atoms with van der Waals surface area (Å²) in [6.45, 7) is -1.73. The van der Waals surface area contributed by atoms with Crippen molar-refractivity contribution in [1.82, 2.24) is 39.0 Å². The number of aromatic amines is 1. The molecule has 23 nitrogen and oxygen atoms in total. The minimum Gasteiger partial charge on any atom is -0.756 e. The van der Waals surface area contributed by atoms with Crippen LogP contribution in [0.15, 0.2) is 23.8 Å². The zero-order valence-corrected chi connectivity index (χ0v) is 24.2. The van der Waals surface area contributed by atoms with Crippen molar-refractivity contribution in [3.8, 4) is 0 Å². The number of nitrogens with one attached hydrogen (secondary N) is 1. The molecule has 3 aliphatic heterocycles. The van der Waals surface area contributed by atoms with Gasteiger partial charge in [-0.3, -0.25) is 32.5 Å². The third-order valence-electron chi connectivity index (χ3n) is 7.32. The third-order valence-corrected chi connectivity index (χ3v) is 9.27. The summed E-state index contributed by atoms with van der Waals surface area (Å²) in [4.78, 5) is 58.1. The highest BCUT2D eigenvalue weighted by Crippen LogP contribution is 2.52. The number of anilines is 2. The number of H-pyrrole nitrogens is 1. The molecular weight excluding hydrogens is 650 g/mol. The van der Waals surface area contributed by atoms with E-state index < -0.39 is 83.5 Å². The molecule has 7 rings (SSSR count). The Labute approximate surface area is 248 Å². The van der Waals surface area contributed by atoms with Crippen LogP contribution in [0.5, 0.6) is 0 Å². The molecule has 25 heteroatoms. The van der Waals surface area contributed by atoms with E-state index in [1.807, 2.05) is 0 Å². The second kappa shape index (κ2) is 10.8. The molecule has 0 aromatic carbocycles. The highest BCUT2D eigenvalue weighted by Gasteiger charge is 2.53. The average molecular weight is 673 g/mol. The third kappa shape index (κ3) is 5.31. The van der Waals surface area contributed by atoms with Gasteiger partial charge in [0.25, 0.3) is 13.4 Å². The van der Waals surface area contributed by atoms with Crippen molar-refractivity contribution in [3.63, 3.8) is 0 Å². The average Bonchev–Trinajstić information content (AvgIpc) is 3.72. The molecule has 45 heavy (non-hydrogen) atoms. The summed E-state index contributed by atoms with van der Waals surface area (Å²) in [5.74, 6) is -0.290. The number of hydrogen-bond acceptors (Lipinski definition) is 19. The van der Waals surface area contributed by atoms with Crippen molar-refractivity contribution in [2.45, 2.75) is 49.1 Å². The molecule has 10 atom stereocenters. The van der Waals surface area contributed by atoms with Crippen LogP contribution in [0.2, 0.25) is 0 Å². The second-order valence-electron chi connectivity index (χ2n) is 10.1. The Morgan fingerprint density at radius 2 is 1.49 bits per heavy atom. The van der Waals surface area contributed by atoms with E-state index in [1.54, 1.807) is 0 Å². The highest BCUT2D eigenvalue weighted by atomic mass is 31.2. The van der Waals surface area contributed by atoms with Gasteiger partial charge in [0.2, 0.25) is 5.95 Å². The first-order valence-corrected chi connectivity index (χ1v) is 15.9. The van der Waals surface area contributed by atoms with Gasteiger partial charge in [0.05, 0.1) is 25.9 Å². The monoisotopic (exact) mass is 673 g/mol. The van der Waals surface area contributed by atoms with Crippen LogP contribution in [0.3, 0.4) is 0 Å². The maximum absolute atomic E-state index is 13.1. The number of aliphatic hydroxyl groups is 2. The smallest absolute Gasteiger partial charge is 0.472 e. The number of nitrogen functional groups attached to an aromatic ring is 2. The van der Waals surface area contributed by atoms with Gasteiger partial charge in [0.1, 0.15) is 48.5 Å². The van der Waals surface area contributed by atoms with Gasteiger partial charge in [-0.15, -0.1) is 0 Å². The summed E-state index contributed by atoms with van der Waals surface area (Å²) in [6, 6.07) is 0. The number of hydrogen-bond donors (Lipinski definition) is 6. The number of fused-ring (bicyclic) bond motifs is 6. The molecule has 8 N–H and O–H groups in total. The first-order valence-electron chi connectivity index (χ1n) is 12.9. The summed E-state index contributed by atoms with van der Waals surface area (Å²) < 4.78 is 60.7. The lowest BCUT2D eigenvalue weighted by atomic mass is 10.1. The number of rotatable bonds is 2. The zero-order valence-electron chi connectivity index (χ0n) is 22.4. The lowest BCUT2D eigenvalue weighted by Crippen LogP contribution is -2.38. The summed E-state index contributed by atoms with van der Waals surface area (Å²) in [5.41, 5.74) is 10.7. The number of phosphoric ester groups is 2. The fraction of sp³-hybridized carbons (Fsp3) is 0.500. The number of phosphoric acid groups is 2. The number of nitrogens with zero attached hydrogens (tertiary/aromatic N) is 7. The first-order chi connectivity index (χ1) is 21.3. The number of ether oxygens (including phenoxy) is 2. The van der Waals surface area contributed by atoms with E-state index in [0.29, 0.717) is 0 Å². The topological polar surface area (TPSA) is 332 Å². The Kier molecular flexibility index (Phi) is 7.27. The van der Waals surface area contributed by atoms with E-state index in [0.717, 1.165) is 17.2 Å². The lowest BCUT2D eigenvalue weighted by molar-refractivity contribution is -0.237. The van der Waals surface area contributed by atoms with Crippen molar-refractivity contribution < 1.29 is 56.7 Å². The summed E-state index contributed by atoms with van der Waals surface area (Å²) in [6.07, 6.45) is -9.65. The van der Waals surface area contributed by atoms with Crippen LogP contribution in [-0.2, 0) is 36.7 Å². The van der Waals surface area contributed by atoms with Gasteiger partial charge in [-0.25, -0.2) is 24.5 Å². The van der Waals surface area contributed by atoms with E-state index in [-0.39, 0.29) is 34.1 Å². The normalized spacial score (nSPS) is 37.7. The highest BCUT2D eigenvalue weighted by molar-refractivity contribution is 7.47. The first kappa shape index (κ1) is 30.2. The molecule has 4 bridgehead atoms. The standard InChI is InChI=1S/C20H24N10O13P2/c21-14-8-15(24-3-23-14)29(4-25-8)18-12-10(31)6(40-18)1-38-45(36,37)43-13-11(32)7(2-39-44(34,35)42-12)41-19(13)30-5-26-9-16(30)27-20(22)28-17(9)33/h3-7,10-13,18-19,31-32H,1-2H2,(H,34,35)(H,36,37)(H2,21,23,24)(H3,22,27,28,33)/p-1/t6-,7-,10?,11?,12?,13?,18-,19-/m1/s1. The van der Waals surface area contributed by atoms with Gasteiger partial charge in [0.15, 0.2) is 35.1 Å². The molecule has 6 unspecified atom stereocenters. The summed E-state index contributed by atoms with van der Waals surface area (Å²) in [7, 11) is -10.4. The molecule has 3 saturated heterocycles. The van der Waals surface area contributed by atoms with E-state index in [9.17, 15) is 33.9 Å². The number of aromatic nitrogens is 8. The fourth-order valence-electron chi connectivity index (χ4n) is 5.27. The molecule has 3 aliphatic rings. The Hall–Kier alpha value is -3.44. The van der Waals surface area contributed by atoms with Gasteiger partial charge < -0.3 is 50.0 Å². The van der Waals surface area contributed by atoms with Crippen molar-refractivity contribution >= 4 is 49.7 Å². The van der Waals surface area contributed by atoms with Crippen molar-refractivity contribution in [3.05, 3.63) is 29.3 Å². The molecule has 0 saturated carbocycles. The molecule has 7 heterocycles. The Bertz CT molecular complexity index is 1940. The molecular formula is C20H23N10O13P2-. The quantitative estimate of drug-likeness (QED) is 0.116. The van der Waals surface area contributed by atoms with E-state index in [4.69, 9.17) is 39.0 Å². The van der Waals surface area contributed by atoms with Gasteiger partial charge in [-0.1, -0.05) is 0 Å². The minimum absolute atomic E-state index is 0.00954. The Morgan fingerprint density at radius 3 is 2.18 bits per heavy atom. The van der Waals surface area contributed by atoms with Crippen LogP contribution >= 0.6 is 15.6 Å². The van der Waals surface area contributed by atoms with Gasteiger partial charge >= 0.3 is 7.82 Å². The number of nitrogens with two attached hydrogens (primary N) is 2. The molecule has 0 aliphatic carbocycles. The largest absolute Gasteiger partial charge is 0.756 e. The molecule has 3 fully saturated rings. The van der Waals surface area contributed by atoms with E-state index in [2.05, 4.69) is 29.9 Å². The molecule has 242 valence electrons. The molecule has 0 spiro atoms. The van der Waals surface area contributed by atoms with Gasteiger partial charge in [-0.2, -0.15) is 4.98 Å². The zero-order chi connectivity index (χ0) is 31.8. The van der Waals surface area contributed by atoms with Gasteiger partial charge in [0, 0.05) is 0 Å². The van der Waals surface area contributed by atoms with Crippen LogP contribution in [0, 0.1) is 0 Å². The lowest BCUT2D eigenvalue weighted by Gasteiger charge is -2.31. The van der Waals surface area contributed by atoms with Crippen molar-refractivity contribution in [2.75, 3.05) is 24.7 Å². The second-order valence-corrected chi connectivity index (χ2v) is 12.9. The summed E-state index contributed by atoms with van der Waals surface area (Å²) in [5, 5.41) is 22.0. The fourth-order valence-corrected chi connectivity index (χ4v) is 7.12. The number of aliphatic hydroxyl groups excluding tert-OH is 2. The molecule has 0 radical (unpaired) electrons. The molecule has 4 aromatic rings. The van der Waals surface area contributed by atoms with Crippen LogP contribution in [-0.4, -0.2) is 104 Å². The van der Waals surface area contributed by atoms with Crippen molar-refractivity contribution in [2.24, 2.45) is 0 Å². The van der Waals surface area contributed by atoms with E-state index in [1.165, 1.54) is 10.9 Å². The van der Waals surface area contributed by atoms with Crippen LogP contribution < -0.4 is 21.9 Å². The van der Waals surface area contributed by atoms with Crippen LogP contribution in [0.1, 0.15) is 12.5 Å². The molecule has 4 aromatic heterocycles. The maximum atomic E-state index is 13.1. The maximum Gasteiger partial charge on any atom is 0.472 e. The van der Waals surface area contributed by atoms with E-state index >= 15 is 0 Å². The summed E-state index contributed by atoms with van der Waals surface area (Å²) >= 11 is 0.